The van der Waals surface area contributed by atoms with E-state index in [9.17, 15) is 19.1 Å². The number of nitrogens with zero attached hydrogens (tertiary/aromatic N) is 2. The number of hydrogen-bond donors (Lipinski definition) is 1. The van der Waals surface area contributed by atoms with E-state index in [0.717, 1.165) is 23.3 Å². The second-order valence-electron chi connectivity index (χ2n) is 7.79. The predicted molar refractivity (Wildman–Crippen MR) is 111 cm³/mol. The zero-order valence-electron chi connectivity index (χ0n) is 16.3. The van der Waals surface area contributed by atoms with Gasteiger partial charge in [-0.25, -0.2) is 4.39 Å². The molecular formula is C23H21FN2O3S. The molecule has 0 spiro atoms. The van der Waals surface area contributed by atoms with Crippen LogP contribution in [0.15, 0.2) is 48.7 Å². The Morgan fingerprint density at radius 2 is 1.97 bits per heavy atom. The van der Waals surface area contributed by atoms with Gasteiger partial charge in [-0.1, -0.05) is 18.2 Å². The molecule has 0 radical (unpaired) electrons. The first-order valence-corrected chi connectivity index (χ1v) is 10.9. The fraction of sp³-hybridized carbons (Fsp3) is 0.304. The molecule has 2 aromatic heterocycles. The summed E-state index contributed by atoms with van der Waals surface area (Å²) in [6.07, 6.45) is 4.65. The van der Waals surface area contributed by atoms with Crippen molar-refractivity contribution < 1.29 is 19.1 Å². The lowest BCUT2D eigenvalue weighted by Crippen LogP contribution is -2.41. The van der Waals surface area contributed by atoms with Gasteiger partial charge >= 0.3 is 0 Å². The Hall–Kier alpha value is -2.77. The van der Waals surface area contributed by atoms with E-state index in [1.54, 1.807) is 29.2 Å². The maximum atomic E-state index is 14.9. The Bertz CT molecular complexity index is 1130. The van der Waals surface area contributed by atoms with Crippen molar-refractivity contribution in [2.75, 3.05) is 13.2 Å². The van der Waals surface area contributed by atoms with Gasteiger partial charge in [0, 0.05) is 29.2 Å². The maximum Gasteiger partial charge on any atom is 0.271 e. The molecule has 1 unspecified atom stereocenters. The average Bonchev–Trinajstić information content (AvgIpc) is 3.32. The van der Waals surface area contributed by atoms with Crippen LogP contribution in [-0.2, 0) is 6.42 Å². The zero-order valence-corrected chi connectivity index (χ0v) is 17.1. The summed E-state index contributed by atoms with van der Waals surface area (Å²) in [5, 5.41) is 9.26. The summed E-state index contributed by atoms with van der Waals surface area (Å²) in [4.78, 5) is 28.6. The van der Waals surface area contributed by atoms with Crippen LogP contribution in [-0.4, -0.2) is 39.4 Å². The molecule has 30 heavy (non-hydrogen) atoms. The number of benzene rings is 1. The summed E-state index contributed by atoms with van der Waals surface area (Å²) in [5.74, 6) is -0.870. The highest BCUT2D eigenvalue weighted by Crippen LogP contribution is 2.43. The summed E-state index contributed by atoms with van der Waals surface area (Å²) in [7, 11) is 0. The first-order chi connectivity index (χ1) is 14.6. The van der Waals surface area contributed by atoms with Gasteiger partial charge in [-0.2, -0.15) is 0 Å². The minimum absolute atomic E-state index is 0.130. The van der Waals surface area contributed by atoms with E-state index < -0.39 is 12.6 Å². The Balaban J connectivity index is 1.61. The lowest BCUT2D eigenvalue weighted by molar-refractivity contribution is 0.0684. The fourth-order valence-corrected chi connectivity index (χ4v) is 5.49. The molecule has 7 heteroatoms. The van der Waals surface area contributed by atoms with Crippen LogP contribution >= 0.6 is 11.3 Å². The standard InChI is InChI=1S/C23H21FN2O3S/c24-17-5-2-1-4-16(17)21-22-14(12-20(30-22)19(28)13-27)9-11-26(21)23(29)18-6-3-10-25(18)15-7-8-15/h1-6,10,12,15,21,27H,7-9,11,13H2. The van der Waals surface area contributed by atoms with Gasteiger partial charge in [0.15, 0.2) is 5.78 Å². The van der Waals surface area contributed by atoms with Gasteiger partial charge in [-0.3, -0.25) is 9.59 Å². The minimum atomic E-state index is -0.602. The number of carbonyl (C=O) groups is 2. The van der Waals surface area contributed by atoms with Crippen molar-refractivity contribution in [3.05, 3.63) is 81.1 Å². The van der Waals surface area contributed by atoms with Gasteiger partial charge in [0.2, 0.25) is 0 Å². The SMILES string of the molecule is O=C(CO)c1cc2c(s1)C(c1ccccc1F)N(C(=O)c1cccn1C1CC1)CC2. The van der Waals surface area contributed by atoms with E-state index in [0.29, 0.717) is 35.1 Å². The van der Waals surface area contributed by atoms with Gasteiger partial charge in [0.05, 0.1) is 10.9 Å². The van der Waals surface area contributed by atoms with Crippen molar-refractivity contribution in [1.82, 2.24) is 9.47 Å². The van der Waals surface area contributed by atoms with Crippen LogP contribution in [0.2, 0.25) is 0 Å². The summed E-state index contributed by atoms with van der Waals surface area (Å²) < 4.78 is 16.9. The molecule has 2 aliphatic rings. The highest BCUT2D eigenvalue weighted by molar-refractivity contribution is 7.14. The number of Topliss-reactive ketones (excluding diaryl/α,β-unsaturated/α-hetero) is 1. The van der Waals surface area contributed by atoms with Crippen LogP contribution in [0.3, 0.4) is 0 Å². The number of thiophene rings is 1. The number of carbonyl (C=O) groups excluding carboxylic acids is 2. The molecule has 1 aromatic carbocycles. The summed E-state index contributed by atoms with van der Waals surface area (Å²) >= 11 is 1.24. The van der Waals surface area contributed by atoms with Crippen molar-refractivity contribution in [2.24, 2.45) is 0 Å². The topological polar surface area (TPSA) is 62.5 Å². The number of aliphatic hydroxyl groups excluding tert-OH is 1. The molecule has 5 rings (SSSR count). The van der Waals surface area contributed by atoms with Gasteiger partial charge in [0.1, 0.15) is 18.1 Å². The van der Waals surface area contributed by atoms with E-state index in [-0.39, 0.29) is 17.5 Å². The highest BCUT2D eigenvalue weighted by atomic mass is 32.1. The van der Waals surface area contributed by atoms with Crippen LogP contribution in [0.4, 0.5) is 4.39 Å². The molecule has 1 amide bonds. The smallest absolute Gasteiger partial charge is 0.271 e. The first-order valence-electron chi connectivity index (χ1n) is 10.1. The molecule has 3 heterocycles. The maximum absolute atomic E-state index is 14.9. The third-order valence-electron chi connectivity index (χ3n) is 5.84. The number of ketones is 1. The van der Waals surface area contributed by atoms with Crippen molar-refractivity contribution in [3.8, 4) is 0 Å². The molecule has 1 aliphatic heterocycles. The average molecular weight is 424 g/mol. The molecule has 0 saturated heterocycles. The normalized spacial score (nSPS) is 18.3. The molecule has 154 valence electrons. The van der Waals surface area contributed by atoms with Crippen molar-refractivity contribution in [1.29, 1.82) is 0 Å². The number of aromatic nitrogens is 1. The van der Waals surface area contributed by atoms with Gasteiger partial charge in [0.25, 0.3) is 5.91 Å². The zero-order chi connectivity index (χ0) is 20.8. The van der Waals surface area contributed by atoms with E-state index in [1.807, 2.05) is 22.9 Å². The highest BCUT2D eigenvalue weighted by Gasteiger charge is 2.38. The molecule has 1 aliphatic carbocycles. The first kappa shape index (κ1) is 19.2. The van der Waals surface area contributed by atoms with Crippen molar-refractivity contribution in [2.45, 2.75) is 31.3 Å². The van der Waals surface area contributed by atoms with E-state index in [4.69, 9.17) is 0 Å². The molecule has 1 N–H and O–H groups in total. The van der Waals surface area contributed by atoms with Crippen LogP contribution < -0.4 is 0 Å². The summed E-state index contributed by atoms with van der Waals surface area (Å²) in [6, 6.07) is 11.7. The number of amides is 1. The monoisotopic (exact) mass is 424 g/mol. The van der Waals surface area contributed by atoms with E-state index >= 15 is 0 Å². The molecule has 0 bridgehead atoms. The van der Waals surface area contributed by atoms with Crippen LogP contribution in [0.1, 0.15) is 61.1 Å². The second kappa shape index (κ2) is 7.49. The van der Waals surface area contributed by atoms with Crippen LogP contribution in [0.5, 0.6) is 0 Å². The summed E-state index contributed by atoms with van der Waals surface area (Å²) in [6.45, 7) is -0.133. The summed E-state index contributed by atoms with van der Waals surface area (Å²) in [5.41, 5.74) is 1.97. The Labute approximate surface area is 177 Å². The van der Waals surface area contributed by atoms with Gasteiger partial charge < -0.3 is 14.6 Å². The third kappa shape index (κ3) is 3.18. The lowest BCUT2D eigenvalue weighted by Gasteiger charge is -2.36. The van der Waals surface area contributed by atoms with E-state index in [2.05, 4.69) is 0 Å². The number of halogens is 1. The van der Waals surface area contributed by atoms with Gasteiger partial charge in [-0.15, -0.1) is 11.3 Å². The van der Waals surface area contributed by atoms with Crippen molar-refractivity contribution in [3.63, 3.8) is 0 Å². The third-order valence-corrected chi connectivity index (χ3v) is 7.11. The van der Waals surface area contributed by atoms with Crippen LogP contribution in [0.25, 0.3) is 0 Å². The molecule has 1 saturated carbocycles. The number of rotatable bonds is 5. The Morgan fingerprint density at radius 3 is 2.70 bits per heavy atom. The number of hydrogen-bond acceptors (Lipinski definition) is 4. The Morgan fingerprint density at radius 1 is 1.17 bits per heavy atom. The van der Waals surface area contributed by atoms with Crippen molar-refractivity contribution >= 4 is 23.0 Å². The fourth-order valence-electron chi connectivity index (χ4n) is 4.21. The molecule has 5 nitrogen and oxygen atoms in total. The van der Waals surface area contributed by atoms with E-state index in [1.165, 1.54) is 17.4 Å². The predicted octanol–water partition coefficient (Wildman–Crippen LogP) is 3.99. The molecule has 3 aromatic rings. The Kier molecular flexibility index (Phi) is 4.79. The van der Waals surface area contributed by atoms with Gasteiger partial charge in [-0.05, 0) is 49.1 Å². The molecular weight excluding hydrogens is 403 g/mol. The number of aliphatic hydroxyl groups is 1. The second-order valence-corrected chi connectivity index (χ2v) is 8.87. The number of fused-ring (bicyclic) bond motifs is 1. The minimum Gasteiger partial charge on any atom is -0.388 e. The lowest BCUT2D eigenvalue weighted by atomic mass is 9.94. The van der Waals surface area contributed by atoms with Crippen LogP contribution in [0, 0.1) is 5.82 Å². The molecule has 1 fully saturated rings. The molecule has 1 atom stereocenters. The largest absolute Gasteiger partial charge is 0.388 e. The quantitative estimate of drug-likeness (QED) is 0.630.